The van der Waals surface area contributed by atoms with Crippen LogP contribution >= 0.6 is 15.9 Å². The predicted octanol–water partition coefficient (Wildman–Crippen LogP) is 5.87. The van der Waals surface area contributed by atoms with Crippen molar-refractivity contribution in [3.63, 3.8) is 0 Å². The second-order valence-electron chi connectivity index (χ2n) is 6.76. The third kappa shape index (κ3) is 8.34. The number of carbonyl (C=O) groups is 1. The Hall–Kier alpha value is -1.62. The lowest BCUT2D eigenvalue weighted by Gasteiger charge is -2.19. The number of amides is 1. The van der Waals surface area contributed by atoms with Crippen LogP contribution in [0.1, 0.15) is 53.0 Å². The monoisotopic (exact) mass is 408 g/mol. The third-order valence-electron chi connectivity index (χ3n) is 3.29. The van der Waals surface area contributed by atoms with E-state index in [-0.39, 0.29) is 11.7 Å². The zero-order valence-electron chi connectivity index (χ0n) is 15.9. The van der Waals surface area contributed by atoms with Crippen molar-refractivity contribution in [2.75, 3.05) is 6.54 Å². The van der Waals surface area contributed by atoms with E-state index in [4.69, 9.17) is 4.74 Å². The van der Waals surface area contributed by atoms with Gasteiger partial charge in [-0.1, -0.05) is 31.5 Å². The van der Waals surface area contributed by atoms with Crippen LogP contribution in [0.2, 0.25) is 0 Å². The van der Waals surface area contributed by atoms with Crippen molar-refractivity contribution < 1.29 is 9.53 Å². The second-order valence-corrected chi connectivity index (χ2v) is 7.57. The molecule has 0 aliphatic heterocycles. The van der Waals surface area contributed by atoms with E-state index in [9.17, 15) is 4.79 Å². The van der Waals surface area contributed by atoms with Crippen LogP contribution in [0.15, 0.2) is 34.9 Å². The average molecular weight is 409 g/mol. The number of aryl methyl sites for hydroxylation is 1. The van der Waals surface area contributed by atoms with Crippen LogP contribution in [0.4, 0.5) is 4.79 Å². The lowest BCUT2D eigenvalue weighted by molar-refractivity contribution is 0.0531. The Balaban J connectivity index is 0.000000275. The SMILES string of the molecule is CCCCc1cc(Br)nc2ccccc12.CCNC(=O)OC(C)(C)C. The largest absolute Gasteiger partial charge is 0.444 e. The topological polar surface area (TPSA) is 51.2 Å². The Kier molecular flexibility index (Phi) is 8.90. The summed E-state index contributed by atoms with van der Waals surface area (Å²) in [6, 6.07) is 10.5. The van der Waals surface area contributed by atoms with E-state index in [1.807, 2.05) is 33.8 Å². The number of aromatic nitrogens is 1. The van der Waals surface area contributed by atoms with Gasteiger partial charge in [0, 0.05) is 11.9 Å². The number of nitrogens with one attached hydrogen (secondary N) is 1. The van der Waals surface area contributed by atoms with Gasteiger partial charge in [0.1, 0.15) is 10.2 Å². The molecule has 0 unspecified atom stereocenters. The molecule has 2 rings (SSSR count). The molecule has 1 heterocycles. The first-order valence-electron chi connectivity index (χ1n) is 8.77. The van der Waals surface area contributed by atoms with Crippen molar-refractivity contribution >= 4 is 32.9 Å². The molecule has 0 aliphatic carbocycles. The van der Waals surface area contributed by atoms with E-state index in [1.165, 1.54) is 23.8 Å². The predicted molar refractivity (Wildman–Crippen MR) is 108 cm³/mol. The molecular weight excluding hydrogens is 380 g/mol. The van der Waals surface area contributed by atoms with Gasteiger partial charge in [0.05, 0.1) is 5.52 Å². The summed E-state index contributed by atoms with van der Waals surface area (Å²) in [5.41, 5.74) is 2.09. The zero-order valence-corrected chi connectivity index (χ0v) is 17.4. The van der Waals surface area contributed by atoms with Gasteiger partial charge in [0.2, 0.25) is 0 Å². The van der Waals surface area contributed by atoms with E-state index < -0.39 is 0 Å². The van der Waals surface area contributed by atoms with Gasteiger partial charge < -0.3 is 10.1 Å². The van der Waals surface area contributed by atoms with E-state index >= 15 is 0 Å². The number of hydrogen-bond donors (Lipinski definition) is 1. The molecule has 5 heteroatoms. The molecule has 0 radical (unpaired) electrons. The first kappa shape index (κ1) is 21.4. The Morgan fingerprint density at radius 3 is 2.52 bits per heavy atom. The van der Waals surface area contributed by atoms with E-state index in [1.54, 1.807) is 0 Å². The maximum atomic E-state index is 10.7. The normalized spacial score (nSPS) is 10.8. The van der Waals surface area contributed by atoms with Crippen molar-refractivity contribution in [2.45, 2.75) is 59.5 Å². The maximum absolute atomic E-state index is 10.7. The van der Waals surface area contributed by atoms with Gasteiger partial charge >= 0.3 is 6.09 Å². The molecule has 1 N–H and O–H groups in total. The van der Waals surface area contributed by atoms with Crippen molar-refractivity contribution in [1.82, 2.24) is 10.3 Å². The summed E-state index contributed by atoms with van der Waals surface area (Å²) in [5.74, 6) is 0. The molecule has 0 atom stereocenters. The quantitative estimate of drug-likeness (QED) is 0.643. The van der Waals surface area contributed by atoms with Gasteiger partial charge in [0.15, 0.2) is 0 Å². The summed E-state index contributed by atoms with van der Waals surface area (Å²) < 4.78 is 5.87. The number of pyridine rings is 1. The molecule has 0 bridgehead atoms. The number of para-hydroxylation sites is 1. The molecule has 0 spiro atoms. The van der Waals surface area contributed by atoms with Gasteiger partial charge in [-0.25, -0.2) is 9.78 Å². The molecule has 1 amide bonds. The third-order valence-corrected chi connectivity index (χ3v) is 3.70. The molecule has 0 saturated heterocycles. The number of rotatable bonds is 4. The van der Waals surface area contributed by atoms with Crippen LogP contribution in [0.25, 0.3) is 10.9 Å². The molecule has 0 aliphatic rings. The minimum absolute atomic E-state index is 0.352. The number of carbonyl (C=O) groups excluding carboxylic acids is 1. The van der Waals surface area contributed by atoms with E-state index in [0.29, 0.717) is 6.54 Å². The van der Waals surface area contributed by atoms with Gasteiger partial charge in [-0.15, -0.1) is 0 Å². The second kappa shape index (κ2) is 10.4. The molecule has 25 heavy (non-hydrogen) atoms. The smallest absolute Gasteiger partial charge is 0.407 e. The lowest BCUT2D eigenvalue weighted by atomic mass is 10.0. The Labute approximate surface area is 159 Å². The summed E-state index contributed by atoms with van der Waals surface area (Å²) in [6.45, 7) is 10.2. The van der Waals surface area contributed by atoms with E-state index in [0.717, 1.165) is 16.5 Å². The van der Waals surface area contributed by atoms with Crippen LogP contribution < -0.4 is 5.32 Å². The van der Waals surface area contributed by atoms with Crippen LogP contribution in [-0.4, -0.2) is 23.2 Å². The fourth-order valence-electron chi connectivity index (χ4n) is 2.24. The Morgan fingerprint density at radius 2 is 1.92 bits per heavy atom. The highest BCUT2D eigenvalue weighted by Gasteiger charge is 2.14. The van der Waals surface area contributed by atoms with Crippen molar-refractivity contribution in [2.24, 2.45) is 0 Å². The maximum Gasteiger partial charge on any atom is 0.407 e. The summed E-state index contributed by atoms with van der Waals surface area (Å²) in [4.78, 5) is 15.2. The standard InChI is InChI=1S/C13H14BrN.C7H15NO2/c1-2-3-6-10-9-13(14)15-12-8-5-4-7-11(10)12;1-5-8-6(9)10-7(2,3)4/h4-5,7-9H,2-3,6H2,1H3;5H2,1-4H3,(H,8,9). The number of hydrogen-bond acceptors (Lipinski definition) is 3. The number of fused-ring (bicyclic) bond motifs is 1. The molecule has 1 aromatic heterocycles. The van der Waals surface area contributed by atoms with Crippen LogP contribution in [0.3, 0.4) is 0 Å². The van der Waals surface area contributed by atoms with Crippen molar-refractivity contribution in [3.05, 3.63) is 40.5 Å². The number of unbranched alkanes of at least 4 members (excludes halogenated alkanes) is 1. The minimum atomic E-state index is -0.390. The fraction of sp³-hybridized carbons (Fsp3) is 0.500. The number of alkyl carbamates (subject to hydrolysis) is 1. The molecule has 2 aromatic rings. The Morgan fingerprint density at radius 1 is 1.24 bits per heavy atom. The van der Waals surface area contributed by atoms with Crippen LogP contribution in [-0.2, 0) is 11.2 Å². The highest BCUT2D eigenvalue weighted by molar-refractivity contribution is 9.10. The number of benzene rings is 1. The van der Waals surface area contributed by atoms with Gasteiger partial charge in [-0.2, -0.15) is 0 Å². The highest BCUT2D eigenvalue weighted by Crippen LogP contribution is 2.22. The lowest BCUT2D eigenvalue weighted by Crippen LogP contribution is -2.32. The molecular formula is C20H29BrN2O2. The van der Waals surface area contributed by atoms with Gasteiger partial charge in [-0.05, 0) is 74.2 Å². The van der Waals surface area contributed by atoms with E-state index in [2.05, 4.69) is 57.4 Å². The first-order valence-corrected chi connectivity index (χ1v) is 9.57. The molecule has 138 valence electrons. The van der Waals surface area contributed by atoms with Crippen molar-refractivity contribution in [1.29, 1.82) is 0 Å². The Bertz CT molecular complexity index is 681. The molecule has 0 saturated carbocycles. The first-order chi connectivity index (χ1) is 11.8. The van der Waals surface area contributed by atoms with Crippen LogP contribution in [0.5, 0.6) is 0 Å². The number of ether oxygens (including phenoxy) is 1. The average Bonchev–Trinajstić information content (AvgIpc) is 2.51. The summed E-state index contributed by atoms with van der Waals surface area (Å²) in [6.07, 6.45) is 3.25. The van der Waals surface area contributed by atoms with Gasteiger partial charge in [-0.3, -0.25) is 0 Å². The molecule has 4 nitrogen and oxygen atoms in total. The minimum Gasteiger partial charge on any atom is -0.444 e. The molecule has 0 fully saturated rings. The zero-order chi connectivity index (χ0) is 18.9. The number of halogens is 1. The fourth-order valence-corrected chi connectivity index (χ4v) is 2.71. The molecule has 1 aromatic carbocycles. The summed E-state index contributed by atoms with van der Waals surface area (Å²) >= 11 is 3.46. The van der Waals surface area contributed by atoms with Crippen LogP contribution in [0, 0.1) is 0 Å². The summed E-state index contributed by atoms with van der Waals surface area (Å²) in [7, 11) is 0. The number of nitrogens with zero attached hydrogens (tertiary/aromatic N) is 1. The van der Waals surface area contributed by atoms with Crippen molar-refractivity contribution in [3.8, 4) is 0 Å². The highest BCUT2D eigenvalue weighted by atomic mass is 79.9. The summed E-state index contributed by atoms with van der Waals surface area (Å²) in [5, 5.41) is 3.83. The van der Waals surface area contributed by atoms with Gasteiger partial charge in [0.25, 0.3) is 0 Å².